The van der Waals surface area contributed by atoms with Gasteiger partial charge in [-0.25, -0.2) is 9.78 Å². The number of aryl methyl sites for hydroxylation is 1. The van der Waals surface area contributed by atoms with Gasteiger partial charge in [0.05, 0.1) is 17.4 Å². The number of nitrogens with zero attached hydrogens (tertiary/aromatic N) is 4. The number of hydrogen-bond donors (Lipinski definition) is 0. The average Bonchev–Trinajstić information content (AvgIpc) is 3.04. The molecule has 7 nitrogen and oxygen atoms in total. The van der Waals surface area contributed by atoms with Crippen molar-refractivity contribution in [3.63, 3.8) is 0 Å². The van der Waals surface area contributed by atoms with Gasteiger partial charge in [0, 0.05) is 46.0 Å². The van der Waals surface area contributed by atoms with Gasteiger partial charge in [0.15, 0.2) is 0 Å². The van der Waals surface area contributed by atoms with E-state index in [9.17, 15) is 4.79 Å². The highest BCUT2D eigenvalue weighted by Crippen LogP contribution is 2.29. The van der Waals surface area contributed by atoms with Crippen LogP contribution in [0.3, 0.4) is 0 Å². The Morgan fingerprint density at radius 2 is 1.94 bits per heavy atom. The van der Waals surface area contributed by atoms with E-state index >= 15 is 0 Å². The summed E-state index contributed by atoms with van der Waals surface area (Å²) in [5.41, 5.74) is 3.98. The molecule has 1 unspecified atom stereocenters. The summed E-state index contributed by atoms with van der Waals surface area (Å²) in [5, 5.41) is 0. The van der Waals surface area contributed by atoms with Crippen molar-refractivity contribution < 1.29 is 14.3 Å². The van der Waals surface area contributed by atoms with Crippen LogP contribution >= 0.6 is 0 Å². The minimum Gasteiger partial charge on any atom is -0.444 e. The second-order valence-corrected chi connectivity index (χ2v) is 16.8. The van der Waals surface area contributed by atoms with Crippen LogP contribution in [0.2, 0.25) is 25.7 Å². The van der Waals surface area contributed by atoms with E-state index in [0.717, 1.165) is 30.2 Å². The van der Waals surface area contributed by atoms with E-state index in [1.165, 1.54) is 11.3 Å². The van der Waals surface area contributed by atoms with Crippen molar-refractivity contribution in [1.29, 1.82) is 0 Å². The molecule has 1 aromatic heterocycles. The zero-order chi connectivity index (χ0) is 23.7. The molecule has 32 heavy (non-hydrogen) atoms. The van der Waals surface area contributed by atoms with Gasteiger partial charge in [-0.15, -0.1) is 0 Å². The average molecular weight is 461 g/mol. The standard InChI is InChI=1S/C24H40N4O3Si/c1-18-13-20-22(27(16-25-20)17-30-11-12-32(6,7)8)14-21(18)28-10-9-26(15-19(28)2)23(29)31-24(3,4)5/h13-14,16,19H,9-12,15,17H2,1-8H3. The predicted octanol–water partition coefficient (Wildman–Crippen LogP) is 5.10. The maximum Gasteiger partial charge on any atom is 0.410 e. The SMILES string of the molecule is Cc1cc2ncn(COCC[Si](C)(C)C)c2cc1N1CCN(C(=O)OC(C)(C)C)CC1C. The minimum absolute atomic E-state index is 0.191. The van der Waals surface area contributed by atoms with E-state index in [4.69, 9.17) is 9.47 Å². The first kappa shape index (κ1) is 24.6. The largest absolute Gasteiger partial charge is 0.444 e. The number of carbonyl (C=O) groups excluding carboxylic acids is 1. The Morgan fingerprint density at radius 3 is 2.56 bits per heavy atom. The minimum atomic E-state index is -1.10. The number of aromatic nitrogens is 2. The van der Waals surface area contributed by atoms with Gasteiger partial charge in [-0.3, -0.25) is 0 Å². The van der Waals surface area contributed by atoms with E-state index < -0.39 is 13.7 Å². The van der Waals surface area contributed by atoms with Gasteiger partial charge in [-0.2, -0.15) is 0 Å². The molecule has 1 aromatic carbocycles. The molecule has 0 spiro atoms. The van der Waals surface area contributed by atoms with Gasteiger partial charge < -0.3 is 23.8 Å². The summed E-state index contributed by atoms with van der Waals surface area (Å²) < 4.78 is 13.6. The fourth-order valence-corrected chi connectivity index (χ4v) is 4.72. The van der Waals surface area contributed by atoms with Gasteiger partial charge in [0.1, 0.15) is 12.3 Å². The smallest absolute Gasteiger partial charge is 0.410 e. The van der Waals surface area contributed by atoms with Crippen LogP contribution in [0.1, 0.15) is 33.3 Å². The third kappa shape index (κ3) is 6.25. The molecule has 0 bridgehead atoms. The lowest BCUT2D eigenvalue weighted by molar-refractivity contribution is 0.0218. The molecule has 1 fully saturated rings. The van der Waals surface area contributed by atoms with Crippen molar-refractivity contribution in [3.8, 4) is 0 Å². The Hall–Kier alpha value is -2.06. The molecule has 0 saturated carbocycles. The second-order valence-electron chi connectivity index (χ2n) is 11.2. The number of carbonyl (C=O) groups is 1. The van der Waals surface area contributed by atoms with Crippen LogP contribution < -0.4 is 4.90 Å². The van der Waals surface area contributed by atoms with E-state index in [1.54, 1.807) is 0 Å². The molecule has 1 amide bonds. The number of fused-ring (bicyclic) bond motifs is 1. The predicted molar refractivity (Wildman–Crippen MR) is 133 cm³/mol. The van der Waals surface area contributed by atoms with Crippen LogP contribution in [0.25, 0.3) is 11.0 Å². The fraction of sp³-hybridized carbons (Fsp3) is 0.667. The second kappa shape index (κ2) is 9.43. The van der Waals surface area contributed by atoms with Gasteiger partial charge in [0.2, 0.25) is 0 Å². The zero-order valence-corrected chi connectivity index (χ0v) is 22.1. The highest BCUT2D eigenvalue weighted by atomic mass is 28.3. The molecule has 3 rings (SSSR count). The maximum absolute atomic E-state index is 12.5. The molecule has 0 radical (unpaired) electrons. The molecule has 0 aliphatic carbocycles. The van der Waals surface area contributed by atoms with Crippen LogP contribution in [-0.2, 0) is 16.2 Å². The normalized spacial score (nSPS) is 17.8. The topological polar surface area (TPSA) is 59.8 Å². The zero-order valence-electron chi connectivity index (χ0n) is 21.1. The molecule has 1 aliphatic rings. The fourth-order valence-electron chi connectivity index (χ4n) is 3.96. The molecule has 2 heterocycles. The lowest BCUT2D eigenvalue weighted by atomic mass is 10.1. The summed E-state index contributed by atoms with van der Waals surface area (Å²) in [6.07, 6.45) is 1.64. The number of amides is 1. The number of imidazole rings is 1. The molecule has 0 N–H and O–H groups in total. The van der Waals surface area contributed by atoms with Crippen molar-refractivity contribution in [2.75, 3.05) is 31.1 Å². The van der Waals surface area contributed by atoms with E-state index in [1.807, 2.05) is 32.0 Å². The molecule has 1 aliphatic heterocycles. The number of piperazine rings is 1. The van der Waals surface area contributed by atoms with Gasteiger partial charge >= 0.3 is 6.09 Å². The molecule has 1 atom stereocenters. The third-order valence-electron chi connectivity index (χ3n) is 5.75. The van der Waals surface area contributed by atoms with Crippen molar-refractivity contribution in [1.82, 2.24) is 14.5 Å². The highest BCUT2D eigenvalue weighted by Gasteiger charge is 2.30. The summed E-state index contributed by atoms with van der Waals surface area (Å²) in [5.74, 6) is 0. The first-order valence-corrected chi connectivity index (χ1v) is 15.3. The van der Waals surface area contributed by atoms with Crippen LogP contribution in [0, 0.1) is 6.92 Å². The number of ether oxygens (including phenoxy) is 2. The molecular formula is C24H40N4O3Si. The molecule has 1 saturated heterocycles. The van der Waals surface area contributed by atoms with Crippen LogP contribution in [0.4, 0.5) is 10.5 Å². The number of anilines is 1. The van der Waals surface area contributed by atoms with Crippen molar-refractivity contribution in [2.45, 2.75) is 78.7 Å². The Bertz CT molecular complexity index is 945. The molecule has 8 heteroatoms. The van der Waals surface area contributed by atoms with Crippen molar-refractivity contribution in [2.24, 2.45) is 0 Å². The third-order valence-corrected chi connectivity index (χ3v) is 7.46. The summed E-state index contributed by atoms with van der Waals surface area (Å²) >= 11 is 0. The first-order chi connectivity index (χ1) is 14.8. The van der Waals surface area contributed by atoms with Crippen LogP contribution in [0.5, 0.6) is 0 Å². The van der Waals surface area contributed by atoms with Gasteiger partial charge in [-0.05, 0) is 58.4 Å². The van der Waals surface area contributed by atoms with E-state index in [2.05, 4.69) is 60.1 Å². The van der Waals surface area contributed by atoms with Crippen LogP contribution in [-0.4, -0.2) is 66.5 Å². The Morgan fingerprint density at radius 1 is 1.22 bits per heavy atom. The summed E-state index contributed by atoms with van der Waals surface area (Å²) in [6, 6.07) is 5.72. The Kier molecular flexibility index (Phi) is 7.24. The Balaban J connectivity index is 1.72. The summed E-state index contributed by atoms with van der Waals surface area (Å²) in [4.78, 5) is 21.3. The summed E-state index contributed by atoms with van der Waals surface area (Å²) in [7, 11) is -1.10. The monoisotopic (exact) mass is 460 g/mol. The van der Waals surface area contributed by atoms with Gasteiger partial charge in [0.25, 0.3) is 0 Å². The van der Waals surface area contributed by atoms with Crippen molar-refractivity contribution >= 4 is 30.9 Å². The van der Waals surface area contributed by atoms with E-state index in [0.29, 0.717) is 19.8 Å². The highest BCUT2D eigenvalue weighted by molar-refractivity contribution is 6.76. The Labute approximate surface area is 193 Å². The maximum atomic E-state index is 12.5. The first-order valence-electron chi connectivity index (χ1n) is 11.6. The van der Waals surface area contributed by atoms with Crippen molar-refractivity contribution in [3.05, 3.63) is 24.0 Å². The number of benzene rings is 1. The number of hydrogen-bond acceptors (Lipinski definition) is 5. The van der Waals surface area contributed by atoms with Crippen LogP contribution in [0.15, 0.2) is 18.5 Å². The molecule has 2 aromatic rings. The number of rotatable bonds is 6. The van der Waals surface area contributed by atoms with E-state index in [-0.39, 0.29) is 12.1 Å². The lowest BCUT2D eigenvalue weighted by Crippen LogP contribution is -2.54. The quantitative estimate of drug-likeness (QED) is 0.443. The molecule has 178 valence electrons. The summed E-state index contributed by atoms with van der Waals surface area (Å²) in [6.45, 7) is 20.5. The molecular weight excluding hydrogens is 420 g/mol. The lowest BCUT2D eigenvalue weighted by Gasteiger charge is -2.42. The van der Waals surface area contributed by atoms with Gasteiger partial charge in [-0.1, -0.05) is 19.6 Å².